The van der Waals surface area contributed by atoms with Crippen molar-refractivity contribution < 1.29 is 24.2 Å². The summed E-state index contributed by atoms with van der Waals surface area (Å²) in [5, 5.41) is 11.7. The van der Waals surface area contributed by atoms with Crippen molar-refractivity contribution in [3.63, 3.8) is 0 Å². The Morgan fingerprint density at radius 3 is 2.30 bits per heavy atom. The number of carbonyl (C=O) groups excluding carboxylic acids is 2. The fraction of sp³-hybridized carbons (Fsp3) is 0.920. The van der Waals surface area contributed by atoms with Gasteiger partial charge in [-0.25, -0.2) is 0 Å². The first-order valence-corrected chi connectivity index (χ1v) is 12.1. The van der Waals surface area contributed by atoms with Crippen molar-refractivity contribution in [1.29, 1.82) is 0 Å². The molecule has 0 aromatic carbocycles. The molecular formula is C25H40O5. The number of esters is 2. The summed E-state index contributed by atoms with van der Waals surface area (Å²) < 4.78 is 11.1. The summed E-state index contributed by atoms with van der Waals surface area (Å²) in [5.74, 6) is 1.96. The second kappa shape index (κ2) is 7.50. The highest BCUT2D eigenvalue weighted by Crippen LogP contribution is 2.68. The van der Waals surface area contributed by atoms with Crippen LogP contribution in [0.2, 0.25) is 0 Å². The Bertz CT molecular complexity index is 706. The molecule has 30 heavy (non-hydrogen) atoms. The van der Waals surface area contributed by atoms with Gasteiger partial charge in [-0.2, -0.15) is 0 Å². The first-order valence-electron chi connectivity index (χ1n) is 12.1. The first-order chi connectivity index (χ1) is 14.0. The number of aliphatic hydroxyl groups is 1. The third-order valence-electron chi connectivity index (χ3n) is 10.2. The molecular weight excluding hydrogens is 380 g/mol. The highest BCUT2D eigenvalue weighted by atomic mass is 16.6. The van der Waals surface area contributed by atoms with Crippen LogP contribution in [0.4, 0.5) is 0 Å². The lowest BCUT2D eigenvalue weighted by atomic mass is 9.44. The number of fused-ring (bicyclic) bond motifs is 5. The molecule has 0 aromatic rings. The van der Waals surface area contributed by atoms with Gasteiger partial charge < -0.3 is 14.6 Å². The van der Waals surface area contributed by atoms with Crippen LogP contribution in [0, 0.1) is 34.5 Å². The smallest absolute Gasteiger partial charge is 0.302 e. The van der Waals surface area contributed by atoms with Crippen LogP contribution in [-0.2, 0) is 19.1 Å². The van der Waals surface area contributed by atoms with E-state index >= 15 is 0 Å². The Balaban J connectivity index is 1.54. The van der Waals surface area contributed by atoms with Crippen molar-refractivity contribution in [2.24, 2.45) is 34.5 Å². The predicted octanol–water partition coefficient (Wildman–Crippen LogP) is 4.64. The number of ether oxygens (including phenoxy) is 2. The fourth-order valence-corrected chi connectivity index (χ4v) is 8.63. The molecule has 4 rings (SSSR count). The maximum absolute atomic E-state index is 11.7. The molecule has 0 amide bonds. The lowest BCUT2D eigenvalue weighted by molar-refractivity contribution is -0.201. The van der Waals surface area contributed by atoms with Crippen molar-refractivity contribution in [2.45, 2.75) is 110 Å². The van der Waals surface area contributed by atoms with Crippen LogP contribution >= 0.6 is 0 Å². The molecule has 170 valence electrons. The van der Waals surface area contributed by atoms with Crippen LogP contribution in [-0.4, -0.2) is 34.9 Å². The number of hydrogen-bond donors (Lipinski definition) is 1. The van der Waals surface area contributed by atoms with Gasteiger partial charge in [-0.05, 0) is 93.8 Å². The van der Waals surface area contributed by atoms with E-state index in [1.807, 2.05) is 6.92 Å². The molecule has 0 spiro atoms. The summed E-state index contributed by atoms with van der Waals surface area (Å²) in [6, 6.07) is 0. The van der Waals surface area contributed by atoms with Gasteiger partial charge >= 0.3 is 11.9 Å². The van der Waals surface area contributed by atoms with E-state index in [1.165, 1.54) is 26.7 Å². The minimum absolute atomic E-state index is 0.0899. The summed E-state index contributed by atoms with van der Waals surface area (Å²) in [5.41, 5.74) is -0.816. The van der Waals surface area contributed by atoms with Gasteiger partial charge in [0.25, 0.3) is 0 Å². The van der Waals surface area contributed by atoms with Gasteiger partial charge in [-0.15, -0.1) is 0 Å². The molecule has 0 radical (unpaired) electrons. The van der Waals surface area contributed by atoms with Crippen LogP contribution in [0.3, 0.4) is 0 Å². The largest absolute Gasteiger partial charge is 0.463 e. The molecule has 4 fully saturated rings. The van der Waals surface area contributed by atoms with Crippen LogP contribution in [0.1, 0.15) is 92.4 Å². The zero-order valence-electron chi connectivity index (χ0n) is 19.4. The van der Waals surface area contributed by atoms with E-state index in [0.717, 1.165) is 44.9 Å². The van der Waals surface area contributed by atoms with E-state index in [2.05, 4.69) is 13.8 Å². The lowest BCUT2D eigenvalue weighted by Gasteiger charge is -2.62. The molecule has 4 aliphatic carbocycles. The average Bonchev–Trinajstić information content (AvgIpc) is 2.93. The molecule has 9 atom stereocenters. The second-order valence-electron chi connectivity index (χ2n) is 11.3. The fourth-order valence-electron chi connectivity index (χ4n) is 8.63. The van der Waals surface area contributed by atoms with E-state index in [-0.39, 0.29) is 23.5 Å². The molecule has 5 nitrogen and oxygen atoms in total. The SMILES string of the molecule is CC(=O)OC1CCC2(C)C(CCC3C2CCC2(C)C3CCC2(O)C(C)OC(C)=O)C1. The standard InChI is InChI=1S/C25H40O5/c1-15(29-16(2)26)25(28)13-10-22-20-7-6-18-14-19(30-17(3)27)8-11-23(18,4)21(20)9-12-24(22,25)5/h15,18-22,28H,6-14H2,1-5H3. The molecule has 5 heteroatoms. The normalized spacial score (nSPS) is 48.7. The van der Waals surface area contributed by atoms with Crippen molar-refractivity contribution in [1.82, 2.24) is 0 Å². The number of hydrogen-bond acceptors (Lipinski definition) is 5. The predicted molar refractivity (Wildman–Crippen MR) is 113 cm³/mol. The van der Waals surface area contributed by atoms with Crippen molar-refractivity contribution in [3.05, 3.63) is 0 Å². The molecule has 0 heterocycles. The third kappa shape index (κ3) is 3.22. The van der Waals surface area contributed by atoms with Crippen LogP contribution in [0.15, 0.2) is 0 Å². The Hall–Kier alpha value is -1.10. The minimum atomic E-state index is -0.932. The number of rotatable bonds is 3. The Morgan fingerprint density at radius 1 is 0.933 bits per heavy atom. The minimum Gasteiger partial charge on any atom is -0.463 e. The van der Waals surface area contributed by atoms with Crippen molar-refractivity contribution in [3.8, 4) is 0 Å². The quantitative estimate of drug-likeness (QED) is 0.673. The van der Waals surface area contributed by atoms with Gasteiger partial charge in [0, 0.05) is 19.3 Å². The maximum Gasteiger partial charge on any atom is 0.302 e. The molecule has 4 aliphatic rings. The Kier molecular flexibility index (Phi) is 5.52. The molecule has 0 aliphatic heterocycles. The average molecular weight is 421 g/mol. The first kappa shape index (κ1) is 22.1. The summed E-state index contributed by atoms with van der Waals surface area (Å²) in [4.78, 5) is 23.0. The van der Waals surface area contributed by atoms with Crippen molar-refractivity contribution in [2.75, 3.05) is 0 Å². The molecule has 1 N–H and O–H groups in total. The zero-order valence-corrected chi connectivity index (χ0v) is 19.4. The molecule has 9 unspecified atom stereocenters. The highest BCUT2D eigenvalue weighted by Gasteiger charge is 2.66. The van der Waals surface area contributed by atoms with Gasteiger partial charge in [0.1, 0.15) is 17.8 Å². The lowest BCUT2D eigenvalue weighted by Crippen LogP contribution is -2.60. The highest BCUT2D eigenvalue weighted by molar-refractivity contribution is 5.66. The van der Waals surface area contributed by atoms with E-state index in [1.54, 1.807) is 0 Å². The van der Waals surface area contributed by atoms with Crippen LogP contribution in [0.25, 0.3) is 0 Å². The molecule has 0 aromatic heterocycles. The van der Waals surface area contributed by atoms with Gasteiger partial charge in [0.05, 0.1) is 0 Å². The third-order valence-corrected chi connectivity index (χ3v) is 10.2. The van der Waals surface area contributed by atoms with E-state index in [9.17, 15) is 14.7 Å². The van der Waals surface area contributed by atoms with E-state index < -0.39 is 11.7 Å². The topological polar surface area (TPSA) is 72.8 Å². The molecule has 0 saturated heterocycles. The second-order valence-corrected chi connectivity index (χ2v) is 11.3. The van der Waals surface area contributed by atoms with Gasteiger partial charge in [0.2, 0.25) is 0 Å². The summed E-state index contributed by atoms with van der Waals surface area (Å²) >= 11 is 0. The van der Waals surface area contributed by atoms with Crippen LogP contribution < -0.4 is 0 Å². The Labute approximate surface area is 181 Å². The monoisotopic (exact) mass is 420 g/mol. The summed E-state index contributed by atoms with van der Waals surface area (Å²) in [6.07, 6.45) is 9.02. The van der Waals surface area contributed by atoms with Gasteiger partial charge in [-0.1, -0.05) is 13.8 Å². The zero-order chi connectivity index (χ0) is 21.9. The van der Waals surface area contributed by atoms with Crippen molar-refractivity contribution >= 4 is 11.9 Å². The van der Waals surface area contributed by atoms with E-state index in [4.69, 9.17) is 9.47 Å². The van der Waals surface area contributed by atoms with Gasteiger partial charge in [0.15, 0.2) is 0 Å². The summed E-state index contributed by atoms with van der Waals surface area (Å²) in [7, 11) is 0. The number of carbonyl (C=O) groups is 2. The van der Waals surface area contributed by atoms with Crippen LogP contribution in [0.5, 0.6) is 0 Å². The van der Waals surface area contributed by atoms with Gasteiger partial charge in [-0.3, -0.25) is 9.59 Å². The molecule has 4 saturated carbocycles. The summed E-state index contributed by atoms with van der Waals surface area (Å²) in [6.45, 7) is 9.57. The Morgan fingerprint density at radius 2 is 1.63 bits per heavy atom. The molecule has 0 bridgehead atoms. The maximum atomic E-state index is 11.7. The van der Waals surface area contributed by atoms with E-state index in [0.29, 0.717) is 29.1 Å².